The fraction of sp³-hybridized carbons (Fsp3) is 0.474. The van der Waals surface area contributed by atoms with E-state index in [1.165, 1.54) is 16.7 Å². The van der Waals surface area contributed by atoms with Crippen LogP contribution in [-0.4, -0.2) is 40.7 Å². The Bertz CT molecular complexity index is 672. The first kappa shape index (κ1) is 15.7. The number of aromatic nitrogens is 2. The van der Waals surface area contributed by atoms with Crippen LogP contribution >= 0.6 is 0 Å². The van der Waals surface area contributed by atoms with Crippen molar-refractivity contribution in [2.75, 3.05) is 19.8 Å². The number of rotatable bonds is 5. The topological polar surface area (TPSA) is 47.5 Å². The van der Waals surface area contributed by atoms with Crippen molar-refractivity contribution in [3.8, 4) is 0 Å². The van der Waals surface area contributed by atoms with Crippen LogP contribution in [0.5, 0.6) is 0 Å². The maximum absolute atomic E-state index is 5.88. The molecular weight excluding hydrogens is 302 g/mol. The van der Waals surface area contributed by atoms with Crippen molar-refractivity contribution >= 4 is 0 Å². The molecule has 2 aromatic rings. The summed E-state index contributed by atoms with van der Waals surface area (Å²) >= 11 is 0. The second-order valence-corrected chi connectivity index (χ2v) is 6.53. The van der Waals surface area contributed by atoms with Gasteiger partial charge in [-0.2, -0.15) is 0 Å². The average Bonchev–Trinajstić information content (AvgIpc) is 3.17. The van der Waals surface area contributed by atoms with Crippen LogP contribution in [0.15, 0.2) is 36.9 Å². The molecule has 2 aliphatic heterocycles. The largest absolute Gasteiger partial charge is 0.380 e. The highest BCUT2D eigenvalue weighted by Crippen LogP contribution is 2.25. The van der Waals surface area contributed by atoms with Gasteiger partial charge in [0.15, 0.2) is 0 Å². The van der Waals surface area contributed by atoms with E-state index >= 15 is 0 Å². The molecule has 4 rings (SSSR count). The van der Waals surface area contributed by atoms with Crippen molar-refractivity contribution in [3.63, 3.8) is 0 Å². The van der Waals surface area contributed by atoms with Gasteiger partial charge < -0.3 is 9.47 Å². The number of pyridine rings is 2. The third-order valence-electron chi connectivity index (χ3n) is 4.93. The maximum atomic E-state index is 5.88. The Hall–Kier alpha value is -1.82. The van der Waals surface area contributed by atoms with Crippen molar-refractivity contribution in [1.82, 2.24) is 14.9 Å². The van der Waals surface area contributed by atoms with Gasteiger partial charge in [-0.15, -0.1) is 0 Å². The monoisotopic (exact) mass is 325 g/mol. The second kappa shape index (κ2) is 7.38. The van der Waals surface area contributed by atoms with Crippen LogP contribution < -0.4 is 0 Å². The SMILES string of the molecule is c1cncc(COCc2cncc3c2CCN(C2CCOC2)C3)c1. The molecule has 0 N–H and O–H groups in total. The molecular formula is C19H23N3O2. The Balaban J connectivity index is 1.40. The highest BCUT2D eigenvalue weighted by molar-refractivity contribution is 5.33. The van der Waals surface area contributed by atoms with Gasteiger partial charge >= 0.3 is 0 Å². The van der Waals surface area contributed by atoms with Crippen LogP contribution in [0.25, 0.3) is 0 Å². The Morgan fingerprint density at radius 1 is 1.21 bits per heavy atom. The van der Waals surface area contributed by atoms with E-state index in [-0.39, 0.29) is 0 Å². The van der Waals surface area contributed by atoms with Crippen molar-refractivity contribution in [2.24, 2.45) is 0 Å². The highest BCUT2D eigenvalue weighted by Gasteiger charge is 2.27. The van der Waals surface area contributed by atoms with Gasteiger partial charge in [0.2, 0.25) is 0 Å². The summed E-state index contributed by atoms with van der Waals surface area (Å²) in [6.07, 6.45) is 9.82. The molecule has 24 heavy (non-hydrogen) atoms. The molecule has 0 spiro atoms. The van der Waals surface area contributed by atoms with E-state index < -0.39 is 0 Å². The fourth-order valence-corrected chi connectivity index (χ4v) is 3.60. The van der Waals surface area contributed by atoms with Gasteiger partial charge in [-0.25, -0.2) is 0 Å². The van der Waals surface area contributed by atoms with E-state index in [9.17, 15) is 0 Å². The molecule has 4 heterocycles. The zero-order valence-corrected chi connectivity index (χ0v) is 13.9. The third kappa shape index (κ3) is 3.48. The van der Waals surface area contributed by atoms with Crippen molar-refractivity contribution in [2.45, 2.75) is 38.6 Å². The molecule has 5 heteroatoms. The Morgan fingerprint density at radius 3 is 3.04 bits per heavy atom. The van der Waals surface area contributed by atoms with Crippen LogP contribution in [0.4, 0.5) is 0 Å². The number of hydrogen-bond donors (Lipinski definition) is 0. The first-order chi connectivity index (χ1) is 11.9. The summed E-state index contributed by atoms with van der Waals surface area (Å²) in [6, 6.07) is 4.54. The van der Waals surface area contributed by atoms with Gasteiger partial charge in [-0.05, 0) is 41.2 Å². The Kier molecular flexibility index (Phi) is 4.83. The summed E-state index contributed by atoms with van der Waals surface area (Å²) in [5.41, 5.74) is 5.09. The van der Waals surface area contributed by atoms with Crippen molar-refractivity contribution < 1.29 is 9.47 Å². The Morgan fingerprint density at radius 2 is 2.21 bits per heavy atom. The summed E-state index contributed by atoms with van der Waals surface area (Å²) in [5.74, 6) is 0. The molecule has 0 radical (unpaired) electrons. The molecule has 1 unspecified atom stereocenters. The lowest BCUT2D eigenvalue weighted by molar-refractivity contribution is 0.104. The van der Waals surface area contributed by atoms with Gasteiger partial charge in [0.25, 0.3) is 0 Å². The molecule has 0 amide bonds. The van der Waals surface area contributed by atoms with Gasteiger partial charge in [0.1, 0.15) is 0 Å². The summed E-state index contributed by atoms with van der Waals surface area (Å²) in [6.45, 7) is 5.04. The van der Waals surface area contributed by atoms with E-state index in [2.05, 4.69) is 14.9 Å². The molecule has 2 aliphatic rings. The summed E-state index contributed by atoms with van der Waals surface area (Å²) in [5, 5.41) is 0. The number of ether oxygens (including phenoxy) is 2. The molecule has 0 aliphatic carbocycles. The lowest BCUT2D eigenvalue weighted by Gasteiger charge is -2.33. The third-order valence-corrected chi connectivity index (χ3v) is 4.93. The first-order valence-corrected chi connectivity index (χ1v) is 8.63. The molecule has 2 aromatic heterocycles. The van der Waals surface area contributed by atoms with Crippen LogP contribution in [0.2, 0.25) is 0 Å². The lowest BCUT2D eigenvalue weighted by Crippen LogP contribution is -2.40. The number of fused-ring (bicyclic) bond motifs is 1. The minimum Gasteiger partial charge on any atom is -0.380 e. The smallest absolute Gasteiger partial charge is 0.0739 e. The van der Waals surface area contributed by atoms with E-state index in [1.807, 2.05) is 30.7 Å². The maximum Gasteiger partial charge on any atom is 0.0739 e. The summed E-state index contributed by atoms with van der Waals surface area (Å²) in [4.78, 5) is 11.1. The molecule has 0 aromatic carbocycles. The zero-order chi connectivity index (χ0) is 16.2. The quantitative estimate of drug-likeness (QED) is 0.844. The average molecular weight is 325 g/mol. The van der Waals surface area contributed by atoms with Crippen LogP contribution in [0.3, 0.4) is 0 Å². The van der Waals surface area contributed by atoms with Gasteiger partial charge in [-0.1, -0.05) is 6.07 Å². The predicted molar refractivity (Wildman–Crippen MR) is 90.3 cm³/mol. The zero-order valence-electron chi connectivity index (χ0n) is 13.9. The normalized spacial score (nSPS) is 20.9. The van der Waals surface area contributed by atoms with E-state index in [0.717, 1.165) is 44.7 Å². The Labute approximate surface area is 142 Å². The highest BCUT2D eigenvalue weighted by atomic mass is 16.5. The summed E-state index contributed by atoms with van der Waals surface area (Å²) in [7, 11) is 0. The van der Waals surface area contributed by atoms with Crippen LogP contribution in [0, 0.1) is 0 Å². The van der Waals surface area contributed by atoms with Gasteiger partial charge in [0, 0.05) is 50.5 Å². The van der Waals surface area contributed by atoms with Crippen LogP contribution in [-0.2, 0) is 35.7 Å². The second-order valence-electron chi connectivity index (χ2n) is 6.53. The van der Waals surface area contributed by atoms with Crippen molar-refractivity contribution in [3.05, 3.63) is 59.2 Å². The minimum absolute atomic E-state index is 0.573. The molecule has 1 saturated heterocycles. The van der Waals surface area contributed by atoms with E-state index in [1.54, 1.807) is 6.20 Å². The van der Waals surface area contributed by atoms with E-state index in [4.69, 9.17) is 9.47 Å². The summed E-state index contributed by atoms with van der Waals surface area (Å²) < 4.78 is 11.4. The van der Waals surface area contributed by atoms with Crippen LogP contribution in [0.1, 0.15) is 28.7 Å². The standard InChI is InChI=1S/C19H23N3O2/c1-2-15(8-20-5-1)12-24-13-17-10-21-9-16-11-22(6-3-19(16)17)18-4-7-23-14-18/h1-2,5,8-10,18H,3-4,6-7,11-14H2. The molecule has 1 fully saturated rings. The molecule has 0 bridgehead atoms. The predicted octanol–water partition coefficient (Wildman–Crippen LogP) is 2.34. The van der Waals surface area contributed by atoms with Gasteiger partial charge in [0.05, 0.1) is 19.8 Å². The van der Waals surface area contributed by atoms with Gasteiger partial charge in [-0.3, -0.25) is 14.9 Å². The number of nitrogens with zero attached hydrogens (tertiary/aromatic N) is 3. The van der Waals surface area contributed by atoms with Crippen molar-refractivity contribution in [1.29, 1.82) is 0 Å². The molecule has 126 valence electrons. The lowest BCUT2D eigenvalue weighted by atomic mass is 9.96. The first-order valence-electron chi connectivity index (χ1n) is 8.63. The number of hydrogen-bond acceptors (Lipinski definition) is 5. The fourth-order valence-electron chi connectivity index (χ4n) is 3.60. The van der Waals surface area contributed by atoms with E-state index in [0.29, 0.717) is 19.3 Å². The molecule has 1 atom stereocenters. The molecule has 0 saturated carbocycles. The minimum atomic E-state index is 0.573. The molecule has 5 nitrogen and oxygen atoms in total.